The van der Waals surface area contributed by atoms with E-state index in [4.69, 9.17) is 9.15 Å². The molecule has 0 saturated heterocycles. The molecule has 1 aromatic carbocycles. The number of carbonyl (C=O) groups excluding carboxylic acids is 2. The van der Waals surface area contributed by atoms with Gasteiger partial charge in [0, 0.05) is 10.4 Å². The monoisotopic (exact) mass is 357 g/mol. The quantitative estimate of drug-likeness (QED) is 0.682. The van der Waals surface area contributed by atoms with Crippen LogP contribution in [0.5, 0.6) is 0 Å². The van der Waals surface area contributed by atoms with Crippen molar-refractivity contribution in [1.29, 1.82) is 0 Å². The van der Waals surface area contributed by atoms with Crippen LogP contribution in [0.4, 0.5) is 0 Å². The third-order valence-electron chi connectivity index (χ3n) is 3.40. The molecule has 0 aliphatic rings. The summed E-state index contributed by atoms with van der Waals surface area (Å²) in [6, 6.07) is 10.3. The van der Waals surface area contributed by atoms with E-state index in [-0.39, 0.29) is 5.91 Å². The molecule has 25 heavy (non-hydrogen) atoms. The van der Waals surface area contributed by atoms with Gasteiger partial charge >= 0.3 is 5.97 Å². The standard InChI is InChI=1S/C17H15N3O4S/c1-11(15(21)18-9-14-3-2-8-25-14)24-17(22)13-6-4-12(5-7-13)16-20-19-10-23-16/h2-8,10-11H,9H2,1H3,(H,18,21)/t11-/m0/s1. The Balaban J connectivity index is 1.54. The van der Waals surface area contributed by atoms with Gasteiger partial charge in [-0.1, -0.05) is 6.07 Å². The zero-order valence-corrected chi connectivity index (χ0v) is 14.2. The lowest BCUT2D eigenvalue weighted by Gasteiger charge is -2.13. The Labute approximate surface area is 147 Å². The van der Waals surface area contributed by atoms with E-state index >= 15 is 0 Å². The van der Waals surface area contributed by atoms with Crippen LogP contribution in [-0.2, 0) is 16.1 Å². The molecule has 8 heteroatoms. The normalized spacial score (nSPS) is 11.7. The number of nitrogens with zero attached hydrogens (tertiary/aromatic N) is 2. The smallest absolute Gasteiger partial charge is 0.338 e. The lowest BCUT2D eigenvalue weighted by molar-refractivity contribution is -0.129. The van der Waals surface area contributed by atoms with Gasteiger partial charge in [0.05, 0.1) is 12.1 Å². The maximum Gasteiger partial charge on any atom is 0.338 e. The van der Waals surface area contributed by atoms with E-state index in [1.165, 1.54) is 13.3 Å². The maximum absolute atomic E-state index is 12.1. The third-order valence-corrected chi connectivity index (χ3v) is 4.27. The van der Waals surface area contributed by atoms with Gasteiger partial charge in [0.15, 0.2) is 6.10 Å². The van der Waals surface area contributed by atoms with Crippen molar-refractivity contribution in [3.63, 3.8) is 0 Å². The lowest BCUT2D eigenvalue weighted by atomic mass is 10.1. The third kappa shape index (κ3) is 4.30. The summed E-state index contributed by atoms with van der Waals surface area (Å²) in [4.78, 5) is 25.2. The largest absolute Gasteiger partial charge is 0.449 e. The molecule has 2 aromatic heterocycles. The second kappa shape index (κ2) is 7.71. The second-order valence-electron chi connectivity index (χ2n) is 5.17. The highest BCUT2D eigenvalue weighted by Crippen LogP contribution is 2.17. The summed E-state index contributed by atoms with van der Waals surface area (Å²) >= 11 is 1.55. The van der Waals surface area contributed by atoms with Gasteiger partial charge in [-0.2, -0.15) is 0 Å². The van der Waals surface area contributed by atoms with Crippen molar-refractivity contribution in [2.75, 3.05) is 0 Å². The molecular weight excluding hydrogens is 342 g/mol. The minimum Gasteiger partial charge on any atom is -0.449 e. The number of benzene rings is 1. The van der Waals surface area contributed by atoms with Crippen LogP contribution in [0.25, 0.3) is 11.5 Å². The van der Waals surface area contributed by atoms with Crippen molar-refractivity contribution in [3.05, 3.63) is 58.6 Å². The summed E-state index contributed by atoms with van der Waals surface area (Å²) in [5, 5.41) is 12.1. The van der Waals surface area contributed by atoms with E-state index in [1.54, 1.807) is 35.6 Å². The highest BCUT2D eigenvalue weighted by Gasteiger charge is 2.19. The van der Waals surface area contributed by atoms with Crippen LogP contribution < -0.4 is 5.32 Å². The maximum atomic E-state index is 12.1. The highest BCUT2D eigenvalue weighted by molar-refractivity contribution is 7.09. The topological polar surface area (TPSA) is 94.3 Å². The first-order valence-electron chi connectivity index (χ1n) is 7.51. The molecule has 2 heterocycles. The first-order valence-corrected chi connectivity index (χ1v) is 8.39. The van der Waals surface area contributed by atoms with E-state index in [9.17, 15) is 9.59 Å². The molecule has 0 bridgehead atoms. The van der Waals surface area contributed by atoms with Gasteiger partial charge in [-0.15, -0.1) is 21.5 Å². The molecule has 0 unspecified atom stereocenters. The summed E-state index contributed by atoms with van der Waals surface area (Å²) in [6.07, 6.45) is 0.344. The molecular formula is C17H15N3O4S. The van der Waals surface area contributed by atoms with Gasteiger partial charge in [0.2, 0.25) is 12.3 Å². The van der Waals surface area contributed by atoms with Crippen LogP contribution in [0.15, 0.2) is 52.6 Å². The van der Waals surface area contributed by atoms with E-state index in [2.05, 4.69) is 15.5 Å². The molecule has 1 amide bonds. The molecule has 0 spiro atoms. The fourth-order valence-corrected chi connectivity index (χ4v) is 2.71. The number of hydrogen-bond acceptors (Lipinski definition) is 7. The van der Waals surface area contributed by atoms with E-state index in [1.807, 2.05) is 17.5 Å². The van der Waals surface area contributed by atoms with Gasteiger partial charge in [-0.3, -0.25) is 4.79 Å². The summed E-state index contributed by atoms with van der Waals surface area (Å²) in [7, 11) is 0. The Hall–Kier alpha value is -3.00. The summed E-state index contributed by atoms with van der Waals surface area (Å²) in [5.74, 6) is -0.554. The fourth-order valence-electron chi connectivity index (χ4n) is 2.06. The van der Waals surface area contributed by atoms with E-state index in [0.717, 1.165) is 4.88 Å². The number of amides is 1. The number of nitrogens with one attached hydrogen (secondary N) is 1. The second-order valence-corrected chi connectivity index (χ2v) is 6.20. The molecule has 1 atom stereocenters. The summed E-state index contributed by atoms with van der Waals surface area (Å²) in [6.45, 7) is 1.95. The van der Waals surface area contributed by atoms with Crippen LogP contribution in [-0.4, -0.2) is 28.2 Å². The minimum absolute atomic E-state index is 0.334. The van der Waals surface area contributed by atoms with Crippen molar-refractivity contribution in [2.45, 2.75) is 19.6 Å². The zero-order valence-electron chi connectivity index (χ0n) is 13.3. The Morgan fingerprint density at radius 3 is 2.72 bits per heavy atom. The molecule has 3 rings (SSSR count). The summed E-state index contributed by atoms with van der Waals surface area (Å²) < 4.78 is 10.3. The van der Waals surface area contributed by atoms with Gasteiger partial charge < -0.3 is 14.5 Å². The van der Waals surface area contributed by atoms with Crippen molar-refractivity contribution in [3.8, 4) is 11.5 Å². The van der Waals surface area contributed by atoms with Crippen molar-refractivity contribution in [1.82, 2.24) is 15.5 Å². The predicted molar refractivity (Wildman–Crippen MR) is 90.8 cm³/mol. The van der Waals surface area contributed by atoms with Crippen LogP contribution in [0, 0.1) is 0 Å². The van der Waals surface area contributed by atoms with Crippen LogP contribution in [0.1, 0.15) is 22.2 Å². The van der Waals surface area contributed by atoms with Crippen LogP contribution >= 0.6 is 11.3 Å². The molecule has 7 nitrogen and oxygen atoms in total. The fraction of sp³-hybridized carbons (Fsp3) is 0.176. The molecule has 0 aliphatic carbocycles. The number of thiophene rings is 1. The van der Waals surface area contributed by atoms with Gasteiger partial charge in [0.25, 0.3) is 5.91 Å². The lowest BCUT2D eigenvalue weighted by Crippen LogP contribution is -2.35. The van der Waals surface area contributed by atoms with Crippen molar-refractivity contribution >= 4 is 23.2 Å². The number of hydrogen-bond donors (Lipinski definition) is 1. The Kier molecular flexibility index (Phi) is 5.20. The average molecular weight is 357 g/mol. The minimum atomic E-state index is -0.886. The van der Waals surface area contributed by atoms with Crippen LogP contribution in [0.2, 0.25) is 0 Å². The number of aromatic nitrogens is 2. The number of rotatable bonds is 6. The number of carbonyl (C=O) groups is 2. The Morgan fingerprint density at radius 1 is 1.28 bits per heavy atom. The molecule has 0 fully saturated rings. The zero-order chi connectivity index (χ0) is 17.6. The van der Waals surface area contributed by atoms with Gasteiger partial charge in [-0.05, 0) is 42.6 Å². The summed E-state index contributed by atoms with van der Waals surface area (Å²) in [5.41, 5.74) is 1.02. The Bertz CT molecular complexity index is 829. The van der Waals surface area contributed by atoms with Gasteiger partial charge in [0.1, 0.15) is 0 Å². The SMILES string of the molecule is C[C@H](OC(=O)c1ccc(-c2nnco2)cc1)C(=O)NCc1cccs1. The Morgan fingerprint density at radius 2 is 2.08 bits per heavy atom. The molecule has 3 aromatic rings. The first kappa shape index (κ1) is 16.8. The molecule has 0 aliphatic heterocycles. The number of esters is 1. The van der Waals surface area contributed by atoms with Crippen molar-refractivity contribution in [2.24, 2.45) is 0 Å². The predicted octanol–water partition coefficient (Wildman–Crippen LogP) is 2.66. The highest BCUT2D eigenvalue weighted by atomic mass is 32.1. The number of ether oxygens (including phenoxy) is 1. The average Bonchev–Trinajstić information content (AvgIpc) is 3.33. The molecule has 0 radical (unpaired) electrons. The van der Waals surface area contributed by atoms with E-state index in [0.29, 0.717) is 23.6 Å². The van der Waals surface area contributed by atoms with Gasteiger partial charge in [-0.25, -0.2) is 4.79 Å². The molecule has 0 saturated carbocycles. The van der Waals surface area contributed by atoms with Crippen molar-refractivity contribution < 1.29 is 18.7 Å². The molecule has 1 N–H and O–H groups in total. The first-order chi connectivity index (χ1) is 12.1. The van der Waals surface area contributed by atoms with Crippen LogP contribution in [0.3, 0.4) is 0 Å². The molecule has 128 valence electrons. The van der Waals surface area contributed by atoms with E-state index < -0.39 is 12.1 Å².